The summed E-state index contributed by atoms with van der Waals surface area (Å²) < 4.78 is 17.9. The van der Waals surface area contributed by atoms with Gasteiger partial charge in [0.1, 0.15) is 5.82 Å². The van der Waals surface area contributed by atoms with E-state index in [1.165, 1.54) is 13.2 Å². The zero-order valence-electron chi connectivity index (χ0n) is 10.6. The number of methoxy groups -OCH3 is 1. The van der Waals surface area contributed by atoms with Gasteiger partial charge in [-0.3, -0.25) is 4.79 Å². The second-order valence-electron chi connectivity index (χ2n) is 4.10. The predicted molar refractivity (Wildman–Crippen MR) is 66.9 cm³/mol. The minimum absolute atomic E-state index is 0.156. The van der Waals surface area contributed by atoms with Crippen molar-refractivity contribution in [2.24, 2.45) is 0 Å². The summed E-state index contributed by atoms with van der Waals surface area (Å²) in [6.07, 6.45) is -0.248. The highest BCUT2D eigenvalue weighted by molar-refractivity contribution is 5.69. The fourth-order valence-corrected chi connectivity index (χ4v) is 1.65. The Kier molecular flexibility index (Phi) is 5.58. The molecule has 0 bridgehead atoms. The molecule has 18 heavy (non-hydrogen) atoms. The maximum absolute atomic E-state index is 13.5. The number of anilines is 1. The van der Waals surface area contributed by atoms with E-state index >= 15 is 0 Å². The van der Waals surface area contributed by atoms with Crippen LogP contribution in [0.5, 0.6) is 0 Å². The lowest BCUT2D eigenvalue weighted by molar-refractivity contribution is -0.141. The van der Waals surface area contributed by atoms with Crippen molar-refractivity contribution in [2.45, 2.75) is 18.9 Å². The number of aliphatic hydroxyl groups is 1. The Morgan fingerprint density at radius 1 is 1.50 bits per heavy atom. The Labute approximate surface area is 106 Å². The van der Waals surface area contributed by atoms with E-state index in [1.54, 1.807) is 30.1 Å². The molecule has 1 rings (SSSR count). The highest BCUT2D eigenvalue weighted by Crippen LogP contribution is 2.17. The summed E-state index contributed by atoms with van der Waals surface area (Å²) in [5.41, 5.74) is 0.426. The molecule has 1 N–H and O–H groups in total. The first-order valence-electron chi connectivity index (χ1n) is 5.75. The molecule has 1 atom stereocenters. The molecule has 1 aromatic rings. The SMILES string of the molecule is COC(=O)CCC(O)CN(C)c1ccccc1F. The van der Waals surface area contributed by atoms with Crippen molar-refractivity contribution in [2.75, 3.05) is 25.6 Å². The highest BCUT2D eigenvalue weighted by atomic mass is 19.1. The van der Waals surface area contributed by atoms with E-state index in [0.29, 0.717) is 12.1 Å². The summed E-state index contributed by atoms with van der Waals surface area (Å²) in [6.45, 7) is 0.262. The van der Waals surface area contributed by atoms with Crippen LogP contribution in [0.3, 0.4) is 0 Å². The Morgan fingerprint density at radius 2 is 2.17 bits per heavy atom. The number of nitrogens with zero attached hydrogens (tertiary/aromatic N) is 1. The number of carbonyl (C=O) groups excluding carboxylic acids is 1. The van der Waals surface area contributed by atoms with E-state index in [-0.39, 0.29) is 24.8 Å². The maximum atomic E-state index is 13.5. The molecular weight excluding hydrogens is 237 g/mol. The lowest BCUT2D eigenvalue weighted by Gasteiger charge is -2.22. The fourth-order valence-electron chi connectivity index (χ4n) is 1.65. The Morgan fingerprint density at radius 3 is 2.78 bits per heavy atom. The molecule has 0 fully saturated rings. The van der Waals surface area contributed by atoms with Gasteiger partial charge in [0.15, 0.2) is 0 Å². The number of ether oxygens (including phenoxy) is 1. The van der Waals surface area contributed by atoms with E-state index in [4.69, 9.17) is 0 Å². The van der Waals surface area contributed by atoms with Crippen molar-refractivity contribution in [3.05, 3.63) is 30.1 Å². The van der Waals surface area contributed by atoms with Gasteiger partial charge in [-0.15, -0.1) is 0 Å². The van der Waals surface area contributed by atoms with Crippen LogP contribution < -0.4 is 4.90 Å². The zero-order chi connectivity index (χ0) is 13.5. The summed E-state index contributed by atoms with van der Waals surface area (Å²) in [5, 5.41) is 9.74. The van der Waals surface area contributed by atoms with Gasteiger partial charge >= 0.3 is 5.97 Å². The molecule has 0 aliphatic rings. The second-order valence-corrected chi connectivity index (χ2v) is 4.10. The molecule has 0 saturated heterocycles. The van der Waals surface area contributed by atoms with Crippen LogP contribution in [0.4, 0.5) is 10.1 Å². The van der Waals surface area contributed by atoms with Crippen LogP contribution in [0.25, 0.3) is 0 Å². The molecule has 1 aromatic carbocycles. The molecule has 0 radical (unpaired) electrons. The molecule has 0 aromatic heterocycles. The van der Waals surface area contributed by atoms with Crippen molar-refractivity contribution in [1.29, 1.82) is 0 Å². The van der Waals surface area contributed by atoms with E-state index in [1.807, 2.05) is 0 Å². The van der Waals surface area contributed by atoms with Crippen molar-refractivity contribution in [3.8, 4) is 0 Å². The van der Waals surface area contributed by atoms with Crippen LogP contribution in [0.1, 0.15) is 12.8 Å². The number of rotatable bonds is 6. The first-order chi connectivity index (χ1) is 8.54. The van der Waals surface area contributed by atoms with Gasteiger partial charge in [-0.1, -0.05) is 12.1 Å². The van der Waals surface area contributed by atoms with Gasteiger partial charge in [0, 0.05) is 20.0 Å². The van der Waals surface area contributed by atoms with E-state index in [0.717, 1.165) is 0 Å². The standard InChI is InChI=1S/C13H18FNO3/c1-15(12-6-4-3-5-11(12)14)9-10(16)7-8-13(17)18-2/h3-6,10,16H,7-9H2,1-2H3. The average Bonchev–Trinajstić information content (AvgIpc) is 2.36. The van der Waals surface area contributed by atoms with Crippen molar-refractivity contribution >= 4 is 11.7 Å². The summed E-state index contributed by atoms with van der Waals surface area (Å²) in [5.74, 6) is -0.692. The third-order valence-corrected chi connectivity index (χ3v) is 2.66. The van der Waals surface area contributed by atoms with Gasteiger partial charge < -0.3 is 14.7 Å². The fraction of sp³-hybridized carbons (Fsp3) is 0.462. The summed E-state index contributed by atoms with van der Waals surface area (Å²) in [7, 11) is 3.00. The highest BCUT2D eigenvalue weighted by Gasteiger charge is 2.13. The number of carbonyl (C=O) groups is 1. The number of esters is 1. The predicted octanol–water partition coefficient (Wildman–Crippen LogP) is 1.58. The van der Waals surface area contributed by atoms with Gasteiger partial charge in [-0.2, -0.15) is 0 Å². The van der Waals surface area contributed by atoms with Crippen LogP contribution in [-0.4, -0.2) is 37.9 Å². The van der Waals surface area contributed by atoms with Crippen molar-refractivity contribution in [3.63, 3.8) is 0 Å². The average molecular weight is 255 g/mol. The molecular formula is C13H18FNO3. The van der Waals surface area contributed by atoms with Crippen LogP contribution in [0, 0.1) is 5.82 Å². The van der Waals surface area contributed by atoms with E-state index < -0.39 is 6.10 Å². The first-order valence-corrected chi connectivity index (χ1v) is 5.75. The van der Waals surface area contributed by atoms with Crippen LogP contribution in [-0.2, 0) is 9.53 Å². The van der Waals surface area contributed by atoms with Gasteiger partial charge in [-0.05, 0) is 18.6 Å². The minimum atomic E-state index is -0.700. The Bertz CT molecular complexity index is 398. The number of para-hydroxylation sites is 1. The number of hydrogen-bond donors (Lipinski definition) is 1. The van der Waals surface area contributed by atoms with Gasteiger partial charge in [-0.25, -0.2) is 4.39 Å². The molecule has 0 saturated carbocycles. The quantitative estimate of drug-likeness (QED) is 0.784. The summed E-state index contributed by atoms with van der Waals surface area (Å²) >= 11 is 0. The third-order valence-electron chi connectivity index (χ3n) is 2.66. The topological polar surface area (TPSA) is 49.8 Å². The molecule has 4 nitrogen and oxygen atoms in total. The normalized spacial score (nSPS) is 12.0. The lowest BCUT2D eigenvalue weighted by Crippen LogP contribution is -2.30. The van der Waals surface area contributed by atoms with Gasteiger partial charge in [0.25, 0.3) is 0 Å². The van der Waals surface area contributed by atoms with Gasteiger partial charge in [0.2, 0.25) is 0 Å². The van der Waals surface area contributed by atoms with Gasteiger partial charge in [0.05, 0.1) is 18.9 Å². The van der Waals surface area contributed by atoms with Crippen LogP contribution in [0.2, 0.25) is 0 Å². The smallest absolute Gasteiger partial charge is 0.305 e. The zero-order valence-corrected chi connectivity index (χ0v) is 10.6. The molecule has 0 heterocycles. The number of aliphatic hydroxyl groups excluding tert-OH is 1. The molecule has 1 unspecified atom stereocenters. The summed E-state index contributed by atoms with van der Waals surface area (Å²) in [6, 6.07) is 6.35. The minimum Gasteiger partial charge on any atom is -0.469 e. The van der Waals surface area contributed by atoms with Crippen LogP contribution >= 0.6 is 0 Å². The second kappa shape index (κ2) is 6.96. The molecule has 100 valence electrons. The van der Waals surface area contributed by atoms with E-state index in [9.17, 15) is 14.3 Å². The maximum Gasteiger partial charge on any atom is 0.305 e. The molecule has 0 aliphatic carbocycles. The lowest BCUT2D eigenvalue weighted by atomic mass is 10.2. The van der Waals surface area contributed by atoms with Crippen LogP contribution in [0.15, 0.2) is 24.3 Å². The number of benzene rings is 1. The van der Waals surface area contributed by atoms with Crippen molar-refractivity contribution < 1.29 is 19.0 Å². The third kappa shape index (κ3) is 4.33. The largest absolute Gasteiger partial charge is 0.469 e. The molecule has 0 amide bonds. The monoisotopic (exact) mass is 255 g/mol. The number of halogens is 1. The van der Waals surface area contributed by atoms with Crippen molar-refractivity contribution in [1.82, 2.24) is 0 Å². The molecule has 0 spiro atoms. The first kappa shape index (κ1) is 14.4. The molecule has 0 aliphatic heterocycles. The Hall–Kier alpha value is -1.62. The molecule has 5 heteroatoms. The van der Waals surface area contributed by atoms with E-state index in [2.05, 4.69) is 4.74 Å². The summed E-state index contributed by atoms with van der Waals surface area (Å²) in [4.78, 5) is 12.5. The Balaban J connectivity index is 2.47. The number of hydrogen-bond acceptors (Lipinski definition) is 4. The number of likely N-dealkylation sites (N-methyl/N-ethyl adjacent to an activating group) is 1.